The Morgan fingerprint density at radius 1 is 1.14 bits per heavy atom. The van der Waals surface area contributed by atoms with Gasteiger partial charge in [-0.05, 0) is 26.3 Å². The van der Waals surface area contributed by atoms with Gasteiger partial charge in [0.2, 0.25) is 0 Å². The molecule has 0 aromatic carbocycles. The molecule has 0 aromatic heterocycles. The van der Waals surface area contributed by atoms with Crippen molar-refractivity contribution >= 4 is 0 Å². The third-order valence-corrected chi connectivity index (χ3v) is 3.70. The van der Waals surface area contributed by atoms with Crippen molar-refractivity contribution in [2.24, 2.45) is 0 Å². The lowest BCUT2D eigenvalue weighted by atomic mass is 9.78. The Bertz CT molecular complexity index is 150. The van der Waals surface area contributed by atoms with Crippen LogP contribution in [0, 0.1) is 5.21 Å². The van der Waals surface area contributed by atoms with Crippen molar-refractivity contribution < 1.29 is 0 Å². The summed E-state index contributed by atoms with van der Waals surface area (Å²) in [6, 6.07) is 0. The fourth-order valence-corrected chi connectivity index (χ4v) is 2.64. The van der Waals surface area contributed by atoms with Gasteiger partial charge in [-0.15, -0.1) is 0 Å². The van der Waals surface area contributed by atoms with Crippen molar-refractivity contribution in [3.63, 3.8) is 0 Å². The molecule has 0 saturated heterocycles. The van der Waals surface area contributed by atoms with Gasteiger partial charge in [0.05, 0.1) is 0 Å². The summed E-state index contributed by atoms with van der Waals surface area (Å²) in [6.45, 7) is 2.22. The molecule has 0 aromatic rings. The molecule has 1 fully saturated rings. The van der Waals surface area contributed by atoms with Crippen molar-refractivity contribution in [2.45, 2.75) is 70.3 Å². The Labute approximate surface area is 88.3 Å². The molecule has 1 aliphatic carbocycles. The topological polar surface area (TPSA) is 26.3 Å². The average Bonchev–Trinajstić information content (AvgIpc) is 2.19. The minimum atomic E-state index is 0.00736. The molecule has 14 heavy (non-hydrogen) atoms. The van der Waals surface area contributed by atoms with E-state index in [0.717, 1.165) is 19.3 Å². The van der Waals surface area contributed by atoms with E-state index in [1.807, 2.05) is 0 Å². The van der Waals surface area contributed by atoms with Crippen LogP contribution in [-0.2, 0) is 0 Å². The van der Waals surface area contributed by atoms with Crippen molar-refractivity contribution in [2.75, 3.05) is 7.05 Å². The molecule has 0 N–H and O–H groups in total. The highest BCUT2D eigenvalue weighted by Gasteiger charge is 2.30. The van der Waals surface area contributed by atoms with E-state index < -0.39 is 0 Å². The van der Waals surface area contributed by atoms with Crippen LogP contribution in [0.2, 0.25) is 0 Å². The van der Waals surface area contributed by atoms with E-state index in [1.54, 1.807) is 7.05 Å². The summed E-state index contributed by atoms with van der Waals surface area (Å²) >= 11 is 0. The van der Waals surface area contributed by atoms with Crippen molar-refractivity contribution in [1.82, 2.24) is 5.06 Å². The van der Waals surface area contributed by atoms with E-state index >= 15 is 0 Å². The molecule has 2 nitrogen and oxygen atoms in total. The summed E-state index contributed by atoms with van der Waals surface area (Å²) in [5.41, 5.74) is 0.00736. The molecule has 2 heteroatoms. The highest BCUT2D eigenvalue weighted by molar-refractivity contribution is 4.91. The van der Waals surface area contributed by atoms with Crippen LogP contribution in [-0.4, -0.2) is 17.6 Å². The van der Waals surface area contributed by atoms with Gasteiger partial charge in [0, 0.05) is 5.54 Å². The third-order valence-electron chi connectivity index (χ3n) is 3.70. The number of rotatable bonds is 5. The molecule has 0 radical (unpaired) electrons. The van der Waals surface area contributed by atoms with Crippen LogP contribution in [0.1, 0.15) is 64.7 Å². The van der Waals surface area contributed by atoms with E-state index in [2.05, 4.69) is 6.92 Å². The second-order valence-corrected chi connectivity index (χ2v) is 4.74. The van der Waals surface area contributed by atoms with Gasteiger partial charge in [0.1, 0.15) is 0 Å². The number of hydrogen-bond donors (Lipinski definition) is 0. The van der Waals surface area contributed by atoms with E-state index in [1.165, 1.54) is 43.6 Å². The summed E-state index contributed by atoms with van der Waals surface area (Å²) in [5.74, 6) is 0. The zero-order valence-corrected chi connectivity index (χ0v) is 9.72. The summed E-state index contributed by atoms with van der Waals surface area (Å²) in [7, 11) is 1.72. The summed E-state index contributed by atoms with van der Waals surface area (Å²) in [5, 5.41) is 12.9. The first-order chi connectivity index (χ1) is 6.71. The smallest absolute Gasteiger partial charge is 0.00884 e. The first-order valence-electron chi connectivity index (χ1n) is 6.12. The molecule has 0 bridgehead atoms. The summed E-state index contributed by atoms with van der Waals surface area (Å²) in [4.78, 5) is 0. The Kier molecular flexibility index (Phi) is 4.90. The van der Waals surface area contributed by atoms with Gasteiger partial charge in [-0.25, -0.2) is 0 Å². The normalized spacial score (nSPS) is 21.4. The zero-order chi connectivity index (χ0) is 10.4. The predicted octanol–water partition coefficient (Wildman–Crippen LogP) is 3.70. The fourth-order valence-electron chi connectivity index (χ4n) is 2.64. The van der Waals surface area contributed by atoms with Crippen LogP contribution < -0.4 is 0 Å². The van der Waals surface area contributed by atoms with Crippen LogP contribution in [0.25, 0.3) is 0 Å². The summed E-state index contributed by atoms with van der Waals surface area (Å²) < 4.78 is 0. The van der Waals surface area contributed by atoms with Crippen LogP contribution >= 0.6 is 0 Å². The van der Waals surface area contributed by atoms with Gasteiger partial charge in [-0.2, -0.15) is 0 Å². The van der Waals surface area contributed by atoms with Gasteiger partial charge in [0.15, 0.2) is 0 Å². The molecule has 84 valence electrons. The lowest BCUT2D eigenvalue weighted by Gasteiger charge is -2.49. The maximum atomic E-state index is 11.6. The van der Waals surface area contributed by atoms with Gasteiger partial charge < -0.3 is 10.3 Å². The highest BCUT2D eigenvalue weighted by atomic mass is 16.5. The van der Waals surface area contributed by atoms with Crippen LogP contribution in [0.4, 0.5) is 0 Å². The number of nitrogens with zero attached hydrogens (tertiary/aromatic N) is 1. The van der Waals surface area contributed by atoms with Gasteiger partial charge >= 0.3 is 0 Å². The highest BCUT2D eigenvalue weighted by Crippen LogP contribution is 2.36. The van der Waals surface area contributed by atoms with E-state index in [0.29, 0.717) is 0 Å². The van der Waals surface area contributed by atoms with Gasteiger partial charge in [0.25, 0.3) is 0 Å². The third kappa shape index (κ3) is 2.96. The Balaban J connectivity index is 2.43. The Morgan fingerprint density at radius 3 is 2.29 bits per heavy atom. The molecular formula is C12H24NO-. The van der Waals surface area contributed by atoms with E-state index in [-0.39, 0.29) is 5.54 Å². The molecular weight excluding hydrogens is 174 g/mol. The molecule has 1 aliphatic rings. The lowest BCUT2D eigenvalue weighted by Crippen LogP contribution is -2.44. The van der Waals surface area contributed by atoms with Gasteiger partial charge in [-0.3, -0.25) is 0 Å². The molecule has 0 atom stereocenters. The molecule has 0 unspecified atom stereocenters. The van der Waals surface area contributed by atoms with E-state index in [9.17, 15) is 5.21 Å². The Morgan fingerprint density at radius 2 is 1.79 bits per heavy atom. The van der Waals surface area contributed by atoms with E-state index in [4.69, 9.17) is 0 Å². The van der Waals surface area contributed by atoms with Crippen LogP contribution in [0.3, 0.4) is 0 Å². The average molecular weight is 198 g/mol. The quantitative estimate of drug-likeness (QED) is 0.497. The Hall–Kier alpha value is -0.0800. The molecule has 1 saturated carbocycles. The number of unbranched alkanes of at least 4 members (excludes halogenated alkanes) is 2. The fraction of sp³-hybridized carbons (Fsp3) is 1.00. The maximum Gasteiger partial charge on any atom is 0.00884 e. The number of hydrogen-bond acceptors (Lipinski definition) is 2. The minimum Gasteiger partial charge on any atom is -0.785 e. The number of hydroxylamine groups is 2. The molecule has 0 aliphatic heterocycles. The maximum absolute atomic E-state index is 11.6. The lowest BCUT2D eigenvalue weighted by molar-refractivity contribution is 0.106. The molecule has 0 spiro atoms. The van der Waals surface area contributed by atoms with Crippen LogP contribution in [0.15, 0.2) is 0 Å². The minimum absolute atomic E-state index is 0.00736. The zero-order valence-electron chi connectivity index (χ0n) is 9.72. The first kappa shape index (κ1) is 12.0. The first-order valence-corrected chi connectivity index (χ1v) is 6.12. The second kappa shape index (κ2) is 5.72. The van der Waals surface area contributed by atoms with Crippen molar-refractivity contribution in [1.29, 1.82) is 0 Å². The monoisotopic (exact) mass is 198 g/mol. The van der Waals surface area contributed by atoms with Gasteiger partial charge in [-0.1, -0.05) is 45.4 Å². The standard InChI is InChI=1S/C12H24NO/c1-3-4-6-9-12(13(2)14)10-7-5-8-11-12/h3-11H2,1-2H3/q-1. The molecule has 1 rings (SSSR count). The predicted molar refractivity (Wildman–Crippen MR) is 61.1 cm³/mol. The van der Waals surface area contributed by atoms with Crippen molar-refractivity contribution in [3.8, 4) is 0 Å². The largest absolute Gasteiger partial charge is 0.785 e. The SMILES string of the molecule is CCCCCC1(N(C)[O-])CCCCC1. The summed E-state index contributed by atoms with van der Waals surface area (Å²) in [6.07, 6.45) is 10.9. The van der Waals surface area contributed by atoms with Crippen LogP contribution in [0.5, 0.6) is 0 Å². The van der Waals surface area contributed by atoms with Crippen molar-refractivity contribution in [3.05, 3.63) is 5.21 Å². The molecule has 0 amide bonds. The molecule has 0 heterocycles. The second-order valence-electron chi connectivity index (χ2n) is 4.74.